The summed E-state index contributed by atoms with van der Waals surface area (Å²) in [5.41, 5.74) is -0.753. The normalized spacial score (nSPS) is 38.3. The molecule has 0 radical (unpaired) electrons. The lowest BCUT2D eigenvalue weighted by Crippen LogP contribution is -2.57. The third-order valence-electron chi connectivity index (χ3n) is 6.65. The van der Waals surface area contributed by atoms with E-state index in [4.69, 9.17) is 9.29 Å². The minimum absolute atomic E-state index is 0.132. The van der Waals surface area contributed by atoms with Gasteiger partial charge in [0.15, 0.2) is 4.75 Å². The van der Waals surface area contributed by atoms with Gasteiger partial charge in [-0.05, 0) is 69.6 Å². The Balaban J connectivity index is 1.55. The topological polar surface area (TPSA) is 83.8 Å². The standard InChI is InChI=1S/C17H28F2O5S/c1-14(2,25(21,22)23)17(18,19)3-4-24-11-15-6-12-5-13(7-15)9-16(20,8-12)10-15/h12-13,20H,3-11H2,1-2H3,(H,21,22,23). The summed E-state index contributed by atoms with van der Waals surface area (Å²) < 4.78 is 62.8. The zero-order valence-corrected chi connectivity index (χ0v) is 15.6. The third-order valence-corrected chi connectivity index (χ3v) is 8.23. The van der Waals surface area contributed by atoms with Crippen molar-refractivity contribution in [3.05, 3.63) is 0 Å². The number of aliphatic hydroxyl groups is 1. The van der Waals surface area contributed by atoms with Crippen molar-refractivity contribution in [2.24, 2.45) is 17.3 Å². The Morgan fingerprint density at radius 2 is 1.72 bits per heavy atom. The van der Waals surface area contributed by atoms with Crippen molar-refractivity contribution in [3.63, 3.8) is 0 Å². The summed E-state index contributed by atoms with van der Waals surface area (Å²) >= 11 is 0. The van der Waals surface area contributed by atoms with E-state index >= 15 is 0 Å². The summed E-state index contributed by atoms with van der Waals surface area (Å²) in [4.78, 5) is 0. The van der Waals surface area contributed by atoms with Crippen LogP contribution in [-0.2, 0) is 14.9 Å². The molecule has 0 amide bonds. The summed E-state index contributed by atoms with van der Waals surface area (Å²) in [5.74, 6) is -2.61. The maximum atomic E-state index is 14.2. The fourth-order valence-electron chi connectivity index (χ4n) is 5.55. The molecule has 4 aliphatic rings. The van der Waals surface area contributed by atoms with Crippen molar-refractivity contribution in [1.29, 1.82) is 0 Å². The molecular weight excluding hydrogens is 354 g/mol. The van der Waals surface area contributed by atoms with Crippen molar-refractivity contribution in [2.75, 3.05) is 13.2 Å². The largest absolute Gasteiger partial charge is 0.390 e. The zero-order chi connectivity index (χ0) is 18.7. The maximum absolute atomic E-state index is 14.2. The molecule has 4 saturated carbocycles. The van der Waals surface area contributed by atoms with E-state index in [1.54, 1.807) is 0 Å². The Morgan fingerprint density at radius 1 is 1.16 bits per heavy atom. The molecule has 4 fully saturated rings. The Labute approximate surface area is 147 Å². The molecule has 0 heterocycles. The van der Waals surface area contributed by atoms with E-state index in [1.165, 1.54) is 0 Å². The van der Waals surface area contributed by atoms with Crippen LogP contribution in [0.2, 0.25) is 0 Å². The third kappa shape index (κ3) is 3.47. The smallest absolute Gasteiger partial charge is 0.276 e. The SMILES string of the molecule is CC(C)(C(F)(F)CCOCC12CC3CC(CC(O)(C3)C1)C2)S(=O)(=O)O. The summed E-state index contributed by atoms with van der Waals surface area (Å²) in [6.45, 7) is 1.68. The van der Waals surface area contributed by atoms with Crippen LogP contribution in [0.15, 0.2) is 0 Å². The lowest BCUT2D eigenvalue weighted by atomic mass is 9.48. The van der Waals surface area contributed by atoms with Crippen molar-refractivity contribution in [2.45, 2.75) is 75.1 Å². The first-order valence-corrected chi connectivity index (χ1v) is 10.4. The Hall–Kier alpha value is -0.310. The van der Waals surface area contributed by atoms with Gasteiger partial charge in [0.1, 0.15) is 0 Å². The van der Waals surface area contributed by atoms with Crippen molar-refractivity contribution >= 4 is 10.1 Å². The molecule has 2 atom stereocenters. The summed E-state index contributed by atoms with van der Waals surface area (Å²) in [7, 11) is -4.88. The summed E-state index contributed by atoms with van der Waals surface area (Å²) in [5, 5.41) is 10.7. The number of rotatable bonds is 7. The van der Waals surface area contributed by atoms with E-state index in [0.29, 0.717) is 24.9 Å². The molecule has 25 heavy (non-hydrogen) atoms. The summed E-state index contributed by atoms with van der Waals surface area (Å²) in [6, 6.07) is 0. The minimum atomic E-state index is -4.88. The molecule has 4 aliphatic carbocycles. The van der Waals surface area contributed by atoms with Crippen LogP contribution in [0.3, 0.4) is 0 Å². The Morgan fingerprint density at radius 3 is 2.20 bits per heavy atom. The Kier molecular flexibility index (Phi) is 4.55. The maximum Gasteiger partial charge on any atom is 0.276 e. The van der Waals surface area contributed by atoms with E-state index in [-0.39, 0.29) is 12.0 Å². The van der Waals surface area contributed by atoms with Gasteiger partial charge in [0, 0.05) is 6.42 Å². The number of hydrogen-bond acceptors (Lipinski definition) is 4. The lowest BCUT2D eigenvalue weighted by molar-refractivity contribution is -0.183. The van der Waals surface area contributed by atoms with Gasteiger partial charge < -0.3 is 9.84 Å². The number of ether oxygens (including phenoxy) is 1. The molecule has 146 valence electrons. The minimum Gasteiger partial charge on any atom is -0.390 e. The highest BCUT2D eigenvalue weighted by molar-refractivity contribution is 7.87. The molecule has 4 rings (SSSR count). The highest BCUT2D eigenvalue weighted by Crippen LogP contribution is 2.61. The first-order valence-electron chi connectivity index (χ1n) is 8.93. The highest BCUT2D eigenvalue weighted by Gasteiger charge is 2.58. The Bertz CT molecular complexity index is 617. The fourth-order valence-corrected chi connectivity index (χ4v) is 6.03. The predicted octanol–water partition coefficient (Wildman–Crippen LogP) is 3.03. The molecule has 2 N–H and O–H groups in total. The second-order valence-corrected chi connectivity index (χ2v) is 11.1. The van der Waals surface area contributed by atoms with Gasteiger partial charge in [-0.15, -0.1) is 0 Å². The van der Waals surface area contributed by atoms with Crippen LogP contribution in [0, 0.1) is 17.3 Å². The monoisotopic (exact) mass is 382 g/mol. The molecule has 0 saturated heterocycles. The molecule has 4 bridgehead atoms. The first-order chi connectivity index (χ1) is 11.3. The quantitative estimate of drug-likeness (QED) is 0.522. The van der Waals surface area contributed by atoms with Crippen molar-refractivity contribution in [3.8, 4) is 0 Å². The first kappa shape index (κ1) is 19.5. The zero-order valence-electron chi connectivity index (χ0n) is 14.8. The molecule has 2 unspecified atom stereocenters. The van der Waals surface area contributed by atoms with Gasteiger partial charge in [-0.3, -0.25) is 4.55 Å². The number of alkyl halides is 2. The van der Waals surface area contributed by atoms with Gasteiger partial charge >= 0.3 is 0 Å². The van der Waals surface area contributed by atoms with Gasteiger partial charge in [0.2, 0.25) is 0 Å². The van der Waals surface area contributed by atoms with Crippen LogP contribution in [0.5, 0.6) is 0 Å². The fraction of sp³-hybridized carbons (Fsp3) is 1.00. The molecule has 5 nitrogen and oxygen atoms in total. The van der Waals surface area contributed by atoms with Gasteiger partial charge in [-0.1, -0.05) is 0 Å². The van der Waals surface area contributed by atoms with E-state index in [9.17, 15) is 22.3 Å². The van der Waals surface area contributed by atoms with Gasteiger partial charge in [0.05, 0.1) is 18.8 Å². The van der Waals surface area contributed by atoms with E-state index in [2.05, 4.69) is 0 Å². The van der Waals surface area contributed by atoms with E-state index in [0.717, 1.165) is 46.0 Å². The lowest BCUT2D eigenvalue weighted by Gasteiger charge is -2.60. The predicted molar refractivity (Wildman–Crippen MR) is 88.1 cm³/mol. The van der Waals surface area contributed by atoms with E-state index < -0.39 is 32.8 Å². The van der Waals surface area contributed by atoms with Gasteiger partial charge in [0.25, 0.3) is 16.0 Å². The number of hydrogen-bond donors (Lipinski definition) is 2. The molecule has 0 aromatic heterocycles. The van der Waals surface area contributed by atoms with Gasteiger partial charge in [-0.25, -0.2) is 8.78 Å². The van der Waals surface area contributed by atoms with Crippen molar-refractivity contribution in [1.82, 2.24) is 0 Å². The van der Waals surface area contributed by atoms with Crippen LogP contribution < -0.4 is 0 Å². The number of halogens is 2. The van der Waals surface area contributed by atoms with Crippen LogP contribution in [0.1, 0.15) is 58.8 Å². The van der Waals surface area contributed by atoms with E-state index in [1.807, 2.05) is 0 Å². The molecule has 0 aromatic carbocycles. The molecule has 0 aliphatic heterocycles. The summed E-state index contributed by atoms with van der Waals surface area (Å²) in [6.07, 6.45) is 4.66. The molecule has 0 spiro atoms. The highest BCUT2D eigenvalue weighted by atomic mass is 32.2. The van der Waals surface area contributed by atoms with Crippen LogP contribution in [0.25, 0.3) is 0 Å². The molecule has 8 heteroatoms. The van der Waals surface area contributed by atoms with Crippen LogP contribution >= 0.6 is 0 Å². The van der Waals surface area contributed by atoms with Crippen LogP contribution in [-0.4, -0.2) is 47.6 Å². The second kappa shape index (κ2) is 5.84. The van der Waals surface area contributed by atoms with Crippen LogP contribution in [0.4, 0.5) is 8.78 Å². The van der Waals surface area contributed by atoms with Crippen molar-refractivity contribution < 1.29 is 31.6 Å². The average molecular weight is 382 g/mol. The van der Waals surface area contributed by atoms with Gasteiger partial charge in [-0.2, -0.15) is 8.42 Å². The average Bonchev–Trinajstić information content (AvgIpc) is 2.39. The second-order valence-electron chi connectivity index (χ2n) is 9.18. The molecular formula is C17H28F2O5S. The molecule has 0 aromatic rings.